The normalized spacial score (nSPS) is 12.7. The number of alkyl halides is 3. The first kappa shape index (κ1) is 21.4. The molecule has 0 fully saturated rings. The molecule has 0 N–H and O–H groups in total. The quantitative estimate of drug-likeness (QED) is 0.348. The van der Waals surface area contributed by atoms with E-state index in [1.807, 2.05) is 30.3 Å². The van der Waals surface area contributed by atoms with Crippen LogP contribution >= 0.6 is 22.9 Å². The second-order valence-corrected chi connectivity index (χ2v) is 8.61. The van der Waals surface area contributed by atoms with Gasteiger partial charge in [-0.1, -0.05) is 53.3 Å². The summed E-state index contributed by atoms with van der Waals surface area (Å²) in [5, 5.41) is 4.42. The van der Waals surface area contributed by atoms with Crippen molar-refractivity contribution in [3.8, 4) is 11.3 Å². The van der Waals surface area contributed by atoms with Crippen LogP contribution in [-0.2, 0) is 12.6 Å². The Morgan fingerprint density at radius 3 is 2.61 bits per heavy atom. The van der Waals surface area contributed by atoms with Crippen molar-refractivity contribution in [2.45, 2.75) is 12.6 Å². The van der Waals surface area contributed by atoms with Crippen molar-refractivity contribution < 1.29 is 17.6 Å². The van der Waals surface area contributed by atoms with Gasteiger partial charge in [0.25, 0.3) is 5.56 Å². The minimum atomic E-state index is -4.50. The molecule has 0 aliphatic rings. The number of aromatic nitrogens is 3. The van der Waals surface area contributed by atoms with Gasteiger partial charge in [0.15, 0.2) is 5.82 Å². The Labute approximate surface area is 193 Å². The Morgan fingerprint density at radius 2 is 1.88 bits per heavy atom. The van der Waals surface area contributed by atoms with Gasteiger partial charge in [0.1, 0.15) is 16.1 Å². The summed E-state index contributed by atoms with van der Waals surface area (Å²) in [5.74, 6) is 0.995. The molecule has 166 valence electrons. The summed E-state index contributed by atoms with van der Waals surface area (Å²) < 4.78 is 46.4. The maximum Gasteiger partial charge on any atom is 0.416 e. The summed E-state index contributed by atoms with van der Waals surface area (Å²) in [6.07, 6.45) is -2.49. The van der Waals surface area contributed by atoms with Gasteiger partial charge >= 0.3 is 6.18 Å². The average Bonchev–Trinajstić information content (AvgIpc) is 3.46. The monoisotopic (exact) mass is 487 g/mol. The minimum absolute atomic E-state index is 0.113. The molecular formula is C23H13ClF3N3O2S. The largest absolute Gasteiger partial charge is 0.457 e. The lowest BCUT2D eigenvalue weighted by atomic mass is 10.1. The van der Waals surface area contributed by atoms with Crippen molar-refractivity contribution in [1.82, 2.24) is 14.6 Å². The number of halogens is 4. The third-order valence-electron chi connectivity index (χ3n) is 4.89. The Morgan fingerprint density at radius 1 is 1.09 bits per heavy atom. The van der Waals surface area contributed by atoms with Gasteiger partial charge < -0.3 is 4.42 Å². The Bertz CT molecular complexity index is 1570. The molecule has 0 aliphatic carbocycles. The molecule has 0 amide bonds. The molecular weight excluding hydrogens is 475 g/mol. The highest BCUT2D eigenvalue weighted by atomic mass is 35.5. The second kappa shape index (κ2) is 8.17. The number of furan rings is 1. The minimum Gasteiger partial charge on any atom is -0.457 e. The number of rotatable bonds is 4. The molecule has 33 heavy (non-hydrogen) atoms. The fraction of sp³-hybridized carbons (Fsp3) is 0.0870. The van der Waals surface area contributed by atoms with Crippen LogP contribution in [-0.4, -0.2) is 14.6 Å². The molecule has 0 radical (unpaired) electrons. The zero-order valence-electron chi connectivity index (χ0n) is 16.6. The van der Waals surface area contributed by atoms with E-state index in [2.05, 4.69) is 10.1 Å². The van der Waals surface area contributed by atoms with Crippen molar-refractivity contribution in [3.63, 3.8) is 0 Å². The van der Waals surface area contributed by atoms with Gasteiger partial charge in [-0.25, -0.2) is 4.98 Å². The van der Waals surface area contributed by atoms with Crippen LogP contribution in [0, 0.1) is 0 Å². The fourth-order valence-corrected chi connectivity index (χ4v) is 4.44. The van der Waals surface area contributed by atoms with E-state index < -0.39 is 11.7 Å². The van der Waals surface area contributed by atoms with Gasteiger partial charge in [-0.05, 0) is 35.9 Å². The first-order valence-electron chi connectivity index (χ1n) is 9.69. The van der Waals surface area contributed by atoms with Crippen molar-refractivity contribution >= 4 is 34.0 Å². The Kier molecular flexibility index (Phi) is 5.30. The molecule has 3 heterocycles. The smallest absolute Gasteiger partial charge is 0.416 e. The van der Waals surface area contributed by atoms with Crippen LogP contribution < -0.4 is 10.1 Å². The average molecular weight is 488 g/mol. The lowest BCUT2D eigenvalue weighted by molar-refractivity contribution is -0.137. The van der Waals surface area contributed by atoms with Gasteiger partial charge in [0.2, 0.25) is 4.96 Å². The van der Waals surface area contributed by atoms with E-state index in [4.69, 9.17) is 16.0 Å². The molecule has 5 rings (SSSR count). The van der Waals surface area contributed by atoms with E-state index in [1.54, 1.807) is 6.07 Å². The molecule has 0 atom stereocenters. The van der Waals surface area contributed by atoms with Crippen LogP contribution in [0.1, 0.15) is 22.7 Å². The van der Waals surface area contributed by atoms with E-state index in [0.717, 1.165) is 29.0 Å². The van der Waals surface area contributed by atoms with Crippen molar-refractivity contribution in [1.29, 1.82) is 0 Å². The van der Waals surface area contributed by atoms with Crippen LogP contribution in [0.3, 0.4) is 0 Å². The molecule has 0 saturated heterocycles. The third kappa shape index (κ3) is 4.29. The number of hydrogen-bond acceptors (Lipinski definition) is 5. The highest BCUT2D eigenvalue weighted by molar-refractivity contribution is 7.15. The van der Waals surface area contributed by atoms with Gasteiger partial charge in [-0.15, -0.1) is 5.10 Å². The summed E-state index contributed by atoms with van der Waals surface area (Å²) in [4.78, 5) is 17.6. The molecule has 0 saturated carbocycles. The standard InChI is InChI=1S/C23H13ClF3N3O2S/c24-17-8-6-14(23(25,26)27)11-16(17)18-9-7-15(32-18)12-19-21(31)30-22(33-19)28-20(29-30)10-13-4-2-1-3-5-13/h1-9,11-12H,10H2/b19-12-. The van der Waals surface area contributed by atoms with Crippen LogP contribution in [0.25, 0.3) is 22.4 Å². The molecule has 5 nitrogen and oxygen atoms in total. The first-order chi connectivity index (χ1) is 15.8. The maximum absolute atomic E-state index is 13.0. The third-order valence-corrected chi connectivity index (χ3v) is 6.18. The number of thiazole rings is 1. The van der Waals surface area contributed by atoms with E-state index in [1.165, 1.54) is 22.7 Å². The summed E-state index contributed by atoms with van der Waals surface area (Å²) in [6, 6.07) is 15.8. The lowest BCUT2D eigenvalue weighted by Crippen LogP contribution is -2.23. The SMILES string of the molecule is O=c1/c(=C/c2ccc(-c3cc(C(F)(F)F)ccc3Cl)o2)sc2nc(Cc3ccccc3)nn12. The van der Waals surface area contributed by atoms with E-state index in [-0.39, 0.29) is 21.9 Å². The predicted octanol–water partition coefficient (Wildman–Crippen LogP) is 5.22. The Balaban J connectivity index is 1.46. The number of nitrogens with zero attached hydrogens (tertiary/aromatic N) is 3. The van der Waals surface area contributed by atoms with Crippen molar-refractivity contribution in [3.05, 3.63) is 103 Å². The molecule has 0 unspecified atom stereocenters. The summed E-state index contributed by atoms with van der Waals surface area (Å²) >= 11 is 7.23. The highest BCUT2D eigenvalue weighted by Gasteiger charge is 2.31. The van der Waals surface area contributed by atoms with Crippen LogP contribution in [0.2, 0.25) is 5.02 Å². The second-order valence-electron chi connectivity index (χ2n) is 7.19. The zero-order valence-corrected chi connectivity index (χ0v) is 18.2. The Hall–Kier alpha value is -3.43. The molecule has 0 aliphatic heterocycles. The van der Waals surface area contributed by atoms with Gasteiger partial charge in [-0.2, -0.15) is 17.7 Å². The van der Waals surface area contributed by atoms with E-state index in [0.29, 0.717) is 27.5 Å². The molecule has 0 spiro atoms. The topological polar surface area (TPSA) is 60.4 Å². The first-order valence-corrected chi connectivity index (χ1v) is 10.9. The molecule has 5 aromatic rings. The summed E-state index contributed by atoms with van der Waals surface area (Å²) in [6.45, 7) is 0. The number of fused-ring (bicyclic) bond motifs is 1. The van der Waals surface area contributed by atoms with Crippen LogP contribution in [0.15, 0.2) is 69.9 Å². The molecule has 2 aromatic carbocycles. The fourth-order valence-electron chi connectivity index (χ4n) is 3.32. The van der Waals surface area contributed by atoms with Crippen molar-refractivity contribution in [2.75, 3.05) is 0 Å². The van der Waals surface area contributed by atoms with Gasteiger partial charge in [0.05, 0.1) is 10.6 Å². The zero-order chi connectivity index (χ0) is 23.2. The number of hydrogen-bond donors (Lipinski definition) is 0. The van der Waals surface area contributed by atoms with Gasteiger partial charge in [-0.3, -0.25) is 4.79 Å². The summed E-state index contributed by atoms with van der Waals surface area (Å²) in [7, 11) is 0. The van der Waals surface area contributed by atoms with Crippen LogP contribution in [0.5, 0.6) is 0 Å². The van der Waals surface area contributed by atoms with Crippen LogP contribution in [0.4, 0.5) is 13.2 Å². The van der Waals surface area contributed by atoms with E-state index >= 15 is 0 Å². The molecule has 3 aromatic heterocycles. The summed E-state index contributed by atoms with van der Waals surface area (Å²) in [5.41, 5.74) is -0.0348. The van der Waals surface area contributed by atoms with E-state index in [9.17, 15) is 18.0 Å². The van der Waals surface area contributed by atoms with Crippen molar-refractivity contribution in [2.24, 2.45) is 0 Å². The number of benzene rings is 2. The maximum atomic E-state index is 13.0. The lowest BCUT2D eigenvalue weighted by Gasteiger charge is -2.09. The molecule has 10 heteroatoms. The molecule has 0 bridgehead atoms. The van der Waals surface area contributed by atoms with Gasteiger partial charge in [0, 0.05) is 18.1 Å². The highest BCUT2D eigenvalue weighted by Crippen LogP contribution is 2.36. The predicted molar refractivity (Wildman–Crippen MR) is 119 cm³/mol.